The van der Waals surface area contributed by atoms with Gasteiger partial charge in [0.1, 0.15) is 13.2 Å². The zero-order chi connectivity index (χ0) is 20.4. The van der Waals surface area contributed by atoms with Crippen LogP contribution in [0.3, 0.4) is 0 Å². The molecule has 0 saturated heterocycles. The molecule has 0 bridgehead atoms. The van der Waals surface area contributed by atoms with Crippen LogP contribution in [0.4, 0.5) is 0 Å². The molecule has 0 aromatic carbocycles. The number of hydrogen-bond donors (Lipinski definition) is 0. The number of hydrogen-bond acceptors (Lipinski definition) is 4. The predicted octanol–water partition coefficient (Wildman–Crippen LogP) is 4.85. The second-order valence-electron chi connectivity index (χ2n) is 8.72. The SMILES string of the molecule is CCCCCCCCCCCCCCCCOP(=O)([O-])OCC[N+](C)(C)C.O. The van der Waals surface area contributed by atoms with E-state index in [4.69, 9.17) is 9.05 Å². The molecule has 2 N–H and O–H groups in total. The first-order valence-corrected chi connectivity index (χ1v) is 12.6. The van der Waals surface area contributed by atoms with E-state index in [1.54, 1.807) is 0 Å². The zero-order valence-electron chi connectivity index (χ0n) is 19.0. The summed E-state index contributed by atoms with van der Waals surface area (Å²) in [4.78, 5) is 11.6. The molecule has 0 spiro atoms. The molecule has 0 amide bonds. The van der Waals surface area contributed by atoms with E-state index in [0.29, 0.717) is 11.0 Å². The summed E-state index contributed by atoms with van der Waals surface area (Å²) < 4.78 is 22.1. The lowest BCUT2D eigenvalue weighted by Crippen LogP contribution is -2.37. The van der Waals surface area contributed by atoms with Gasteiger partial charge in [0, 0.05) is 0 Å². The van der Waals surface area contributed by atoms with Crippen LogP contribution in [0.2, 0.25) is 0 Å². The number of quaternary nitrogens is 1. The second-order valence-corrected chi connectivity index (χ2v) is 10.1. The van der Waals surface area contributed by atoms with Crippen LogP contribution in [0, 0.1) is 0 Å². The van der Waals surface area contributed by atoms with E-state index in [1.165, 1.54) is 70.6 Å². The van der Waals surface area contributed by atoms with Gasteiger partial charge in [0.05, 0.1) is 27.7 Å². The quantitative estimate of drug-likeness (QED) is 0.158. The summed E-state index contributed by atoms with van der Waals surface area (Å²) in [6.45, 7) is 3.30. The second kappa shape index (κ2) is 19.0. The standard InChI is InChI=1S/C21H46NO4P.H2O/c1-5-6-7-8-9-10-11-12-13-14-15-16-17-18-20-25-27(23,24)26-21-19-22(2,3)4;/h5-21H2,1-4H3;1H2. The van der Waals surface area contributed by atoms with Crippen molar-refractivity contribution in [2.45, 2.75) is 96.8 Å². The van der Waals surface area contributed by atoms with Crippen LogP contribution >= 0.6 is 7.82 Å². The lowest BCUT2D eigenvalue weighted by molar-refractivity contribution is -0.870. The Balaban J connectivity index is 0. The van der Waals surface area contributed by atoms with E-state index < -0.39 is 7.82 Å². The molecule has 28 heavy (non-hydrogen) atoms. The lowest BCUT2D eigenvalue weighted by atomic mass is 10.0. The Kier molecular flexibility index (Phi) is 20.5. The molecule has 172 valence electrons. The minimum absolute atomic E-state index is 0. The van der Waals surface area contributed by atoms with Crippen molar-refractivity contribution < 1.29 is 28.5 Å². The molecule has 0 fully saturated rings. The van der Waals surface area contributed by atoms with Crippen LogP contribution in [0.25, 0.3) is 0 Å². The van der Waals surface area contributed by atoms with Gasteiger partial charge in [-0.25, -0.2) is 0 Å². The van der Waals surface area contributed by atoms with Crippen molar-refractivity contribution in [1.29, 1.82) is 0 Å². The molecule has 0 aliphatic heterocycles. The summed E-state index contributed by atoms with van der Waals surface area (Å²) >= 11 is 0. The molecule has 6 nitrogen and oxygen atoms in total. The Morgan fingerprint density at radius 1 is 0.679 bits per heavy atom. The van der Waals surface area contributed by atoms with E-state index in [1.807, 2.05) is 21.1 Å². The molecule has 0 rings (SSSR count). The smallest absolute Gasteiger partial charge is 0.268 e. The third kappa shape index (κ3) is 24.1. The van der Waals surface area contributed by atoms with Gasteiger partial charge in [0.2, 0.25) is 0 Å². The average molecular weight is 426 g/mol. The van der Waals surface area contributed by atoms with Crippen LogP contribution < -0.4 is 4.89 Å². The number of nitrogens with zero attached hydrogens (tertiary/aromatic N) is 1. The van der Waals surface area contributed by atoms with Crippen molar-refractivity contribution in [2.75, 3.05) is 40.9 Å². The molecule has 7 heteroatoms. The van der Waals surface area contributed by atoms with Gasteiger partial charge >= 0.3 is 0 Å². The first-order valence-electron chi connectivity index (χ1n) is 11.2. The fraction of sp³-hybridized carbons (Fsp3) is 1.00. The van der Waals surface area contributed by atoms with Crippen molar-refractivity contribution in [2.24, 2.45) is 0 Å². The van der Waals surface area contributed by atoms with E-state index >= 15 is 0 Å². The molecule has 0 heterocycles. The Morgan fingerprint density at radius 3 is 1.43 bits per heavy atom. The molecule has 0 aromatic rings. The average Bonchev–Trinajstić information content (AvgIpc) is 2.57. The third-order valence-electron chi connectivity index (χ3n) is 4.76. The Labute approximate surface area is 174 Å². The summed E-state index contributed by atoms with van der Waals surface area (Å²) in [6.07, 6.45) is 17.9. The molecular formula is C21H48NO5P. The monoisotopic (exact) mass is 425 g/mol. The van der Waals surface area contributed by atoms with Gasteiger partial charge in [-0.05, 0) is 6.42 Å². The number of phosphoric ester groups is 1. The molecule has 1 unspecified atom stereocenters. The van der Waals surface area contributed by atoms with Crippen molar-refractivity contribution in [3.8, 4) is 0 Å². The Hall–Kier alpha value is 0.0300. The van der Waals surface area contributed by atoms with Crippen LogP contribution in [0.5, 0.6) is 0 Å². The third-order valence-corrected chi connectivity index (χ3v) is 5.76. The number of rotatable bonds is 20. The van der Waals surface area contributed by atoms with Gasteiger partial charge in [0.15, 0.2) is 0 Å². The fourth-order valence-electron chi connectivity index (χ4n) is 2.94. The summed E-state index contributed by atoms with van der Waals surface area (Å²) in [5.74, 6) is 0. The molecule has 0 saturated carbocycles. The van der Waals surface area contributed by atoms with Crippen LogP contribution in [-0.2, 0) is 13.6 Å². The maximum atomic E-state index is 11.6. The van der Waals surface area contributed by atoms with Crippen molar-refractivity contribution >= 4 is 7.82 Å². The summed E-state index contributed by atoms with van der Waals surface area (Å²) in [5, 5.41) is 0. The molecule has 0 aliphatic rings. The van der Waals surface area contributed by atoms with Crippen molar-refractivity contribution in [1.82, 2.24) is 0 Å². The maximum absolute atomic E-state index is 11.6. The highest BCUT2D eigenvalue weighted by Gasteiger charge is 2.12. The van der Waals surface area contributed by atoms with Crippen LogP contribution in [-0.4, -0.2) is 50.9 Å². The van der Waals surface area contributed by atoms with Crippen LogP contribution in [0.15, 0.2) is 0 Å². The number of phosphoric acid groups is 1. The molecule has 0 aliphatic carbocycles. The first kappa shape index (κ1) is 30.2. The minimum atomic E-state index is -4.13. The van der Waals surface area contributed by atoms with E-state index in [0.717, 1.165) is 19.3 Å². The highest BCUT2D eigenvalue weighted by molar-refractivity contribution is 7.45. The number of likely N-dealkylation sites (N-methyl/N-ethyl adjacent to an activating group) is 1. The summed E-state index contributed by atoms with van der Waals surface area (Å²) in [5.41, 5.74) is 0. The van der Waals surface area contributed by atoms with E-state index in [-0.39, 0.29) is 18.7 Å². The van der Waals surface area contributed by atoms with Gasteiger partial charge in [-0.1, -0.05) is 90.4 Å². The minimum Gasteiger partial charge on any atom is -0.756 e. The van der Waals surface area contributed by atoms with Gasteiger partial charge in [0.25, 0.3) is 7.82 Å². The first-order chi connectivity index (χ1) is 12.8. The highest BCUT2D eigenvalue weighted by atomic mass is 31.2. The largest absolute Gasteiger partial charge is 0.756 e. The highest BCUT2D eigenvalue weighted by Crippen LogP contribution is 2.38. The van der Waals surface area contributed by atoms with Crippen molar-refractivity contribution in [3.05, 3.63) is 0 Å². The predicted molar refractivity (Wildman–Crippen MR) is 116 cm³/mol. The maximum Gasteiger partial charge on any atom is 0.268 e. The van der Waals surface area contributed by atoms with Gasteiger partial charge in [-0.3, -0.25) is 4.57 Å². The van der Waals surface area contributed by atoms with E-state index in [9.17, 15) is 9.46 Å². The normalized spacial score (nSPS) is 13.9. The molecular weight excluding hydrogens is 377 g/mol. The zero-order valence-corrected chi connectivity index (χ0v) is 19.9. The summed E-state index contributed by atoms with van der Waals surface area (Å²) in [7, 11) is 1.86. The van der Waals surface area contributed by atoms with E-state index in [2.05, 4.69) is 6.92 Å². The Morgan fingerprint density at radius 2 is 1.04 bits per heavy atom. The molecule has 0 aromatic heterocycles. The topological polar surface area (TPSA) is 90.1 Å². The molecule has 0 radical (unpaired) electrons. The molecule has 1 atom stereocenters. The summed E-state index contributed by atoms with van der Waals surface area (Å²) in [6, 6.07) is 0. The lowest BCUT2D eigenvalue weighted by Gasteiger charge is -2.27. The van der Waals surface area contributed by atoms with Crippen LogP contribution in [0.1, 0.15) is 96.8 Å². The van der Waals surface area contributed by atoms with Crippen molar-refractivity contribution in [3.63, 3.8) is 0 Å². The Bertz CT molecular complexity index is 374. The number of unbranched alkanes of at least 4 members (excludes halogenated alkanes) is 13. The van der Waals surface area contributed by atoms with Gasteiger partial charge < -0.3 is 23.9 Å². The van der Waals surface area contributed by atoms with Gasteiger partial charge in [-0.15, -0.1) is 0 Å². The van der Waals surface area contributed by atoms with Gasteiger partial charge in [-0.2, -0.15) is 0 Å². The fourth-order valence-corrected chi connectivity index (χ4v) is 3.67.